The number of carbonyl (C=O) groups is 1. The van der Waals surface area contributed by atoms with Crippen LogP contribution in [0.5, 0.6) is 11.5 Å². The first kappa shape index (κ1) is 17.3. The predicted molar refractivity (Wildman–Crippen MR) is 84.9 cm³/mol. The molecule has 1 N–H and O–H groups in total. The molecule has 0 aliphatic carbocycles. The standard InChI is InChI=1S/C17H27NO3/c1-6-20-14-9-8-13(12-15(14)21-7-2)10-11-18-16(19)17(3,4)5/h8-9,12H,6-7,10-11H2,1-5H3,(H,18,19). The summed E-state index contributed by atoms with van der Waals surface area (Å²) in [5.41, 5.74) is 0.770. The van der Waals surface area contributed by atoms with Crippen LogP contribution in [0.2, 0.25) is 0 Å². The number of rotatable bonds is 7. The SMILES string of the molecule is CCOc1ccc(CCNC(=O)C(C)(C)C)cc1OCC. The maximum Gasteiger partial charge on any atom is 0.225 e. The molecular formula is C17H27NO3. The van der Waals surface area contributed by atoms with Gasteiger partial charge in [-0.1, -0.05) is 26.8 Å². The molecule has 0 fully saturated rings. The van der Waals surface area contributed by atoms with Crippen LogP contribution in [0.25, 0.3) is 0 Å². The minimum absolute atomic E-state index is 0.0680. The zero-order valence-corrected chi connectivity index (χ0v) is 13.8. The van der Waals surface area contributed by atoms with Gasteiger partial charge in [0.1, 0.15) is 0 Å². The Bertz CT molecular complexity index is 464. The van der Waals surface area contributed by atoms with E-state index in [9.17, 15) is 4.79 Å². The minimum Gasteiger partial charge on any atom is -0.490 e. The van der Waals surface area contributed by atoms with Crippen molar-refractivity contribution in [2.24, 2.45) is 5.41 Å². The van der Waals surface area contributed by atoms with Gasteiger partial charge in [-0.25, -0.2) is 0 Å². The van der Waals surface area contributed by atoms with Crippen LogP contribution in [-0.2, 0) is 11.2 Å². The van der Waals surface area contributed by atoms with Crippen molar-refractivity contribution in [2.45, 2.75) is 41.0 Å². The highest BCUT2D eigenvalue weighted by Gasteiger charge is 2.20. The molecule has 0 heterocycles. The van der Waals surface area contributed by atoms with Crippen LogP contribution in [0.1, 0.15) is 40.2 Å². The maximum absolute atomic E-state index is 11.8. The number of hydrogen-bond donors (Lipinski definition) is 1. The Morgan fingerprint density at radius 3 is 2.29 bits per heavy atom. The van der Waals surface area contributed by atoms with E-state index in [4.69, 9.17) is 9.47 Å². The number of ether oxygens (including phenoxy) is 2. The Kier molecular flexibility index (Phi) is 6.53. The van der Waals surface area contributed by atoms with Gasteiger partial charge >= 0.3 is 0 Å². The van der Waals surface area contributed by atoms with Gasteiger partial charge in [0.25, 0.3) is 0 Å². The van der Waals surface area contributed by atoms with Crippen LogP contribution in [0.15, 0.2) is 18.2 Å². The molecule has 0 saturated heterocycles. The first-order valence-corrected chi connectivity index (χ1v) is 7.55. The van der Waals surface area contributed by atoms with E-state index < -0.39 is 0 Å². The van der Waals surface area contributed by atoms with Crippen molar-refractivity contribution < 1.29 is 14.3 Å². The molecule has 4 heteroatoms. The minimum atomic E-state index is -0.352. The summed E-state index contributed by atoms with van der Waals surface area (Å²) in [4.78, 5) is 11.8. The lowest BCUT2D eigenvalue weighted by Crippen LogP contribution is -2.35. The van der Waals surface area contributed by atoms with Gasteiger partial charge in [-0.05, 0) is 38.0 Å². The molecule has 0 atom stereocenters. The third kappa shape index (κ3) is 5.66. The molecule has 0 aliphatic heterocycles. The average Bonchev–Trinajstić information content (AvgIpc) is 2.41. The third-order valence-electron chi connectivity index (χ3n) is 2.99. The van der Waals surface area contributed by atoms with Crippen LogP contribution >= 0.6 is 0 Å². The summed E-state index contributed by atoms with van der Waals surface area (Å²) < 4.78 is 11.1. The Morgan fingerprint density at radius 2 is 1.71 bits per heavy atom. The fourth-order valence-electron chi connectivity index (χ4n) is 1.84. The highest BCUT2D eigenvalue weighted by Crippen LogP contribution is 2.28. The summed E-state index contributed by atoms with van der Waals surface area (Å²) in [6, 6.07) is 5.92. The van der Waals surface area contributed by atoms with E-state index in [2.05, 4.69) is 5.32 Å². The summed E-state index contributed by atoms with van der Waals surface area (Å²) in [6.07, 6.45) is 0.772. The van der Waals surface area contributed by atoms with Gasteiger partial charge in [-0.15, -0.1) is 0 Å². The second-order valence-electron chi connectivity index (χ2n) is 5.90. The molecule has 21 heavy (non-hydrogen) atoms. The van der Waals surface area contributed by atoms with E-state index in [1.807, 2.05) is 52.8 Å². The topological polar surface area (TPSA) is 47.6 Å². The first-order chi connectivity index (χ1) is 9.88. The van der Waals surface area contributed by atoms with Gasteiger partial charge < -0.3 is 14.8 Å². The average molecular weight is 293 g/mol. The van der Waals surface area contributed by atoms with E-state index in [0.29, 0.717) is 19.8 Å². The normalized spacial score (nSPS) is 11.1. The van der Waals surface area contributed by atoms with E-state index >= 15 is 0 Å². The molecule has 4 nitrogen and oxygen atoms in total. The quantitative estimate of drug-likeness (QED) is 0.840. The lowest BCUT2D eigenvalue weighted by molar-refractivity contribution is -0.128. The summed E-state index contributed by atoms with van der Waals surface area (Å²) in [7, 11) is 0. The van der Waals surface area contributed by atoms with Gasteiger partial charge in [0.05, 0.1) is 13.2 Å². The molecule has 0 saturated carbocycles. The molecule has 1 amide bonds. The zero-order valence-electron chi connectivity index (χ0n) is 13.8. The third-order valence-corrected chi connectivity index (χ3v) is 2.99. The van der Waals surface area contributed by atoms with Gasteiger partial charge in [0, 0.05) is 12.0 Å². The van der Waals surface area contributed by atoms with Gasteiger partial charge in [-0.2, -0.15) is 0 Å². The lowest BCUT2D eigenvalue weighted by atomic mass is 9.95. The number of carbonyl (C=O) groups excluding carboxylic acids is 1. The maximum atomic E-state index is 11.8. The van der Waals surface area contributed by atoms with E-state index in [0.717, 1.165) is 23.5 Å². The van der Waals surface area contributed by atoms with E-state index in [-0.39, 0.29) is 11.3 Å². The zero-order chi connectivity index (χ0) is 15.9. The second kappa shape index (κ2) is 7.91. The van der Waals surface area contributed by atoms with Crippen LogP contribution in [0, 0.1) is 5.41 Å². The van der Waals surface area contributed by atoms with E-state index in [1.54, 1.807) is 0 Å². The van der Waals surface area contributed by atoms with Crippen LogP contribution in [0.3, 0.4) is 0 Å². The number of amides is 1. The lowest BCUT2D eigenvalue weighted by Gasteiger charge is -2.18. The van der Waals surface area contributed by atoms with Crippen LogP contribution in [0.4, 0.5) is 0 Å². The molecule has 0 unspecified atom stereocenters. The highest BCUT2D eigenvalue weighted by molar-refractivity contribution is 5.81. The Balaban J connectivity index is 2.63. The molecule has 1 aromatic rings. The molecule has 0 bridgehead atoms. The van der Waals surface area contributed by atoms with E-state index in [1.165, 1.54) is 0 Å². The Morgan fingerprint density at radius 1 is 1.10 bits per heavy atom. The first-order valence-electron chi connectivity index (χ1n) is 7.55. The largest absolute Gasteiger partial charge is 0.490 e. The molecular weight excluding hydrogens is 266 g/mol. The van der Waals surface area contributed by atoms with Crippen molar-refractivity contribution >= 4 is 5.91 Å². The van der Waals surface area contributed by atoms with Crippen molar-refractivity contribution in [1.82, 2.24) is 5.32 Å². The Hall–Kier alpha value is -1.71. The summed E-state index contributed by atoms with van der Waals surface area (Å²) in [5.74, 6) is 1.60. The van der Waals surface area contributed by atoms with Gasteiger partial charge in [0.2, 0.25) is 5.91 Å². The van der Waals surface area contributed by atoms with Crippen LogP contribution < -0.4 is 14.8 Å². The summed E-state index contributed by atoms with van der Waals surface area (Å²) in [6.45, 7) is 11.5. The second-order valence-corrected chi connectivity index (χ2v) is 5.90. The Labute approximate surface area is 127 Å². The summed E-state index contributed by atoms with van der Waals surface area (Å²) in [5, 5.41) is 2.95. The summed E-state index contributed by atoms with van der Waals surface area (Å²) >= 11 is 0. The highest BCUT2D eigenvalue weighted by atomic mass is 16.5. The smallest absolute Gasteiger partial charge is 0.225 e. The van der Waals surface area contributed by atoms with Crippen molar-refractivity contribution in [2.75, 3.05) is 19.8 Å². The molecule has 118 valence electrons. The fraction of sp³-hybridized carbons (Fsp3) is 0.588. The van der Waals surface area contributed by atoms with Crippen LogP contribution in [-0.4, -0.2) is 25.7 Å². The van der Waals surface area contributed by atoms with Gasteiger partial charge in [-0.3, -0.25) is 4.79 Å². The monoisotopic (exact) mass is 293 g/mol. The van der Waals surface area contributed by atoms with Crippen molar-refractivity contribution in [3.8, 4) is 11.5 Å². The number of hydrogen-bond acceptors (Lipinski definition) is 3. The molecule has 0 aliphatic rings. The van der Waals surface area contributed by atoms with Gasteiger partial charge in [0.15, 0.2) is 11.5 Å². The van der Waals surface area contributed by atoms with Crippen molar-refractivity contribution in [3.63, 3.8) is 0 Å². The predicted octanol–water partition coefficient (Wildman–Crippen LogP) is 3.19. The number of benzene rings is 1. The number of nitrogens with one attached hydrogen (secondary N) is 1. The molecule has 0 radical (unpaired) electrons. The molecule has 1 aromatic carbocycles. The molecule has 1 rings (SSSR count). The van der Waals surface area contributed by atoms with Crippen molar-refractivity contribution in [3.05, 3.63) is 23.8 Å². The molecule has 0 spiro atoms. The fourth-order valence-corrected chi connectivity index (χ4v) is 1.84. The van der Waals surface area contributed by atoms with Crippen molar-refractivity contribution in [1.29, 1.82) is 0 Å². The molecule has 0 aromatic heterocycles.